The largest absolute Gasteiger partial charge is 0.352 e. The summed E-state index contributed by atoms with van der Waals surface area (Å²) in [7, 11) is 4.08. The molecule has 0 aliphatic carbocycles. The molecule has 0 aliphatic rings. The monoisotopic (exact) mass is 304 g/mol. The van der Waals surface area contributed by atoms with E-state index in [4.69, 9.17) is 11.6 Å². The number of aromatic nitrogens is 2. The standard InChI is InChI=1S/C16H21ClN4/c1-11-9-12(2)20-16(19-11)18-10-15(21(3)4)13-7-5-6-8-14(13)17/h5-9,15H,10H2,1-4H3,(H,18,19,20). The molecule has 1 N–H and O–H groups in total. The lowest BCUT2D eigenvalue weighted by Gasteiger charge is -2.26. The highest BCUT2D eigenvalue weighted by Gasteiger charge is 2.17. The molecule has 0 bridgehead atoms. The Labute approximate surface area is 131 Å². The van der Waals surface area contributed by atoms with E-state index in [1.807, 2.05) is 52.2 Å². The van der Waals surface area contributed by atoms with Crippen molar-refractivity contribution in [2.75, 3.05) is 26.0 Å². The molecule has 1 atom stereocenters. The summed E-state index contributed by atoms with van der Waals surface area (Å²) < 4.78 is 0. The molecule has 1 heterocycles. The van der Waals surface area contributed by atoms with Crippen molar-refractivity contribution in [2.45, 2.75) is 19.9 Å². The summed E-state index contributed by atoms with van der Waals surface area (Å²) in [6.07, 6.45) is 0. The summed E-state index contributed by atoms with van der Waals surface area (Å²) in [6, 6.07) is 10.0. The predicted molar refractivity (Wildman–Crippen MR) is 87.9 cm³/mol. The van der Waals surface area contributed by atoms with E-state index in [2.05, 4.69) is 26.3 Å². The van der Waals surface area contributed by atoms with E-state index in [1.54, 1.807) is 0 Å². The number of hydrogen-bond donors (Lipinski definition) is 1. The summed E-state index contributed by atoms with van der Waals surface area (Å²) in [5.74, 6) is 0.659. The van der Waals surface area contributed by atoms with Crippen LogP contribution in [0, 0.1) is 13.8 Å². The molecular weight excluding hydrogens is 284 g/mol. The van der Waals surface area contributed by atoms with Gasteiger partial charge in [-0.1, -0.05) is 29.8 Å². The molecule has 5 heteroatoms. The summed E-state index contributed by atoms with van der Waals surface area (Å²) in [5, 5.41) is 4.09. The van der Waals surface area contributed by atoms with Crippen molar-refractivity contribution in [1.29, 1.82) is 0 Å². The van der Waals surface area contributed by atoms with Gasteiger partial charge in [0.05, 0.1) is 6.04 Å². The normalized spacial score (nSPS) is 12.5. The SMILES string of the molecule is Cc1cc(C)nc(NCC(c2ccccc2Cl)N(C)C)n1. The van der Waals surface area contributed by atoms with Gasteiger partial charge in [-0.05, 0) is 45.6 Å². The fourth-order valence-corrected chi connectivity index (χ4v) is 2.57. The number of rotatable bonds is 5. The highest BCUT2D eigenvalue weighted by Crippen LogP contribution is 2.26. The lowest BCUT2D eigenvalue weighted by Crippen LogP contribution is -2.27. The highest BCUT2D eigenvalue weighted by atomic mass is 35.5. The summed E-state index contributed by atoms with van der Waals surface area (Å²) in [4.78, 5) is 11.0. The average Bonchev–Trinajstić information content (AvgIpc) is 2.39. The van der Waals surface area contributed by atoms with Crippen LogP contribution >= 0.6 is 11.6 Å². The third-order valence-corrected chi connectivity index (χ3v) is 3.67. The Bertz CT molecular complexity index is 593. The second-order valence-electron chi connectivity index (χ2n) is 5.36. The van der Waals surface area contributed by atoms with Gasteiger partial charge in [0, 0.05) is 23.0 Å². The number of hydrogen-bond acceptors (Lipinski definition) is 4. The minimum absolute atomic E-state index is 0.156. The van der Waals surface area contributed by atoms with Gasteiger partial charge in [-0.2, -0.15) is 0 Å². The Kier molecular flexibility index (Phi) is 5.15. The van der Waals surface area contributed by atoms with Gasteiger partial charge in [0.15, 0.2) is 0 Å². The van der Waals surface area contributed by atoms with Crippen LogP contribution in [0.1, 0.15) is 23.0 Å². The lowest BCUT2D eigenvalue weighted by molar-refractivity contribution is 0.311. The van der Waals surface area contributed by atoms with Gasteiger partial charge in [0.2, 0.25) is 5.95 Å². The van der Waals surface area contributed by atoms with Crippen LogP contribution in [-0.2, 0) is 0 Å². The molecule has 0 radical (unpaired) electrons. The highest BCUT2D eigenvalue weighted by molar-refractivity contribution is 6.31. The smallest absolute Gasteiger partial charge is 0.223 e. The number of aryl methyl sites for hydroxylation is 2. The van der Waals surface area contributed by atoms with Gasteiger partial charge >= 0.3 is 0 Å². The number of benzene rings is 1. The zero-order valence-electron chi connectivity index (χ0n) is 12.9. The van der Waals surface area contributed by atoms with Gasteiger partial charge in [-0.3, -0.25) is 0 Å². The van der Waals surface area contributed by atoms with Crippen molar-refractivity contribution in [3.63, 3.8) is 0 Å². The van der Waals surface area contributed by atoms with Crippen molar-refractivity contribution in [3.8, 4) is 0 Å². The van der Waals surface area contributed by atoms with E-state index in [-0.39, 0.29) is 6.04 Å². The first-order valence-electron chi connectivity index (χ1n) is 6.94. The van der Waals surface area contributed by atoms with Gasteiger partial charge in [-0.15, -0.1) is 0 Å². The van der Waals surface area contributed by atoms with Crippen LogP contribution in [0.5, 0.6) is 0 Å². The van der Waals surface area contributed by atoms with Crippen molar-refractivity contribution < 1.29 is 0 Å². The quantitative estimate of drug-likeness (QED) is 0.918. The molecule has 2 aromatic rings. The van der Waals surface area contributed by atoms with Gasteiger partial charge in [0.25, 0.3) is 0 Å². The second-order valence-corrected chi connectivity index (χ2v) is 5.76. The number of nitrogens with zero attached hydrogens (tertiary/aromatic N) is 3. The molecule has 1 aromatic carbocycles. The molecule has 0 fully saturated rings. The Morgan fingerprint density at radius 1 is 1.14 bits per heavy atom. The van der Waals surface area contributed by atoms with Crippen molar-refractivity contribution in [3.05, 3.63) is 52.3 Å². The van der Waals surface area contributed by atoms with Gasteiger partial charge in [-0.25, -0.2) is 9.97 Å². The molecule has 4 nitrogen and oxygen atoms in total. The molecule has 0 amide bonds. The fourth-order valence-electron chi connectivity index (χ4n) is 2.31. The zero-order chi connectivity index (χ0) is 15.4. The zero-order valence-corrected chi connectivity index (χ0v) is 13.6. The first-order valence-corrected chi connectivity index (χ1v) is 7.32. The molecule has 1 unspecified atom stereocenters. The van der Waals surface area contributed by atoms with E-state index < -0.39 is 0 Å². The first kappa shape index (κ1) is 15.7. The topological polar surface area (TPSA) is 41.1 Å². The Balaban J connectivity index is 2.16. The molecule has 1 aromatic heterocycles. The molecular formula is C16H21ClN4. The van der Waals surface area contributed by atoms with Crippen molar-refractivity contribution >= 4 is 17.5 Å². The summed E-state index contributed by atoms with van der Waals surface area (Å²) >= 11 is 6.31. The van der Waals surface area contributed by atoms with Crippen LogP contribution in [-0.4, -0.2) is 35.5 Å². The summed E-state index contributed by atoms with van der Waals surface area (Å²) in [5.41, 5.74) is 3.02. The minimum Gasteiger partial charge on any atom is -0.352 e. The van der Waals surface area contributed by atoms with Gasteiger partial charge < -0.3 is 10.2 Å². The first-order chi connectivity index (χ1) is 9.97. The fraction of sp³-hybridized carbons (Fsp3) is 0.375. The van der Waals surface area contributed by atoms with Crippen molar-refractivity contribution in [2.24, 2.45) is 0 Å². The third kappa shape index (κ3) is 4.16. The average molecular weight is 305 g/mol. The predicted octanol–water partition coefficient (Wildman–Crippen LogP) is 3.46. The summed E-state index contributed by atoms with van der Waals surface area (Å²) in [6.45, 7) is 4.63. The third-order valence-electron chi connectivity index (χ3n) is 3.32. The molecule has 0 saturated carbocycles. The van der Waals surface area contributed by atoms with Crippen molar-refractivity contribution in [1.82, 2.24) is 14.9 Å². The lowest BCUT2D eigenvalue weighted by atomic mass is 10.1. The number of nitrogens with one attached hydrogen (secondary N) is 1. The Hall–Kier alpha value is -1.65. The van der Waals surface area contributed by atoms with E-state index >= 15 is 0 Å². The molecule has 0 saturated heterocycles. The van der Waals surface area contributed by atoms with Gasteiger partial charge in [0.1, 0.15) is 0 Å². The number of halogens is 1. The second kappa shape index (κ2) is 6.87. The van der Waals surface area contributed by atoms with E-state index in [0.29, 0.717) is 12.5 Å². The van der Waals surface area contributed by atoms with Crippen LogP contribution in [0.25, 0.3) is 0 Å². The molecule has 112 valence electrons. The van der Waals surface area contributed by atoms with Crippen LogP contribution in [0.3, 0.4) is 0 Å². The molecule has 0 aliphatic heterocycles. The number of anilines is 1. The van der Waals surface area contributed by atoms with E-state index in [0.717, 1.165) is 22.0 Å². The maximum Gasteiger partial charge on any atom is 0.223 e. The Morgan fingerprint density at radius 3 is 2.33 bits per heavy atom. The molecule has 21 heavy (non-hydrogen) atoms. The van der Waals surface area contributed by atoms with Crippen LogP contribution in [0.15, 0.2) is 30.3 Å². The minimum atomic E-state index is 0.156. The van der Waals surface area contributed by atoms with E-state index in [1.165, 1.54) is 0 Å². The van der Waals surface area contributed by atoms with Crippen LogP contribution < -0.4 is 5.32 Å². The van der Waals surface area contributed by atoms with E-state index in [9.17, 15) is 0 Å². The Morgan fingerprint density at radius 2 is 1.76 bits per heavy atom. The maximum absolute atomic E-state index is 6.31. The van der Waals surface area contributed by atoms with Crippen LogP contribution in [0.2, 0.25) is 5.02 Å². The number of likely N-dealkylation sites (N-methyl/N-ethyl adjacent to an activating group) is 1. The maximum atomic E-state index is 6.31. The molecule has 0 spiro atoms. The molecule has 2 rings (SSSR count). The van der Waals surface area contributed by atoms with Crippen LogP contribution in [0.4, 0.5) is 5.95 Å².